The van der Waals surface area contributed by atoms with Crippen LogP contribution in [0.3, 0.4) is 0 Å². The molecule has 0 bridgehead atoms. The van der Waals surface area contributed by atoms with Crippen molar-refractivity contribution < 1.29 is 9.53 Å². The summed E-state index contributed by atoms with van der Waals surface area (Å²) in [5.41, 5.74) is 4.41. The number of hydrogen-bond acceptors (Lipinski definition) is 6. The molecule has 1 atom stereocenters. The van der Waals surface area contributed by atoms with Crippen LogP contribution in [0.2, 0.25) is 0 Å². The molecule has 0 saturated carbocycles. The van der Waals surface area contributed by atoms with Gasteiger partial charge >= 0.3 is 5.97 Å². The second-order valence-electron chi connectivity index (χ2n) is 5.01. The number of likely N-dealkylation sites (tertiary alicyclic amines) is 1. The van der Waals surface area contributed by atoms with E-state index in [0.29, 0.717) is 6.61 Å². The smallest absolute Gasteiger partial charge is 0.310 e. The average molecular weight is 278 g/mol. The average Bonchev–Trinajstić information content (AvgIpc) is 2.48. The van der Waals surface area contributed by atoms with Crippen molar-refractivity contribution in [1.29, 1.82) is 0 Å². The van der Waals surface area contributed by atoms with Gasteiger partial charge in [-0.1, -0.05) is 0 Å². The highest BCUT2D eigenvalue weighted by Crippen LogP contribution is 2.20. The Hall–Kier alpha value is -1.66. The molecule has 6 nitrogen and oxygen atoms in total. The topological polar surface area (TPSA) is 80.5 Å². The molecular weight excluding hydrogens is 256 g/mol. The maximum atomic E-state index is 11.8. The van der Waals surface area contributed by atoms with E-state index >= 15 is 0 Å². The number of piperidine rings is 1. The number of rotatable bonds is 5. The Morgan fingerprint density at radius 1 is 1.65 bits per heavy atom. The van der Waals surface area contributed by atoms with Gasteiger partial charge in [-0.3, -0.25) is 20.5 Å². The molecule has 1 aromatic rings. The van der Waals surface area contributed by atoms with E-state index in [1.54, 1.807) is 6.20 Å². The third-order valence-corrected chi connectivity index (χ3v) is 3.49. The van der Waals surface area contributed by atoms with Crippen molar-refractivity contribution >= 4 is 11.7 Å². The molecule has 0 aliphatic carbocycles. The molecular formula is C14H22N4O2. The van der Waals surface area contributed by atoms with E-state index in [0.717, 1.165) is 43.9 Å². The van der Waals surface area contributed by atoms with Crippen molar-refractivity contribution in [1.82, 2.24) is 9.88 Å². The van der Waals surface area contributed by atoms with Gasteiger partial charge in [-0.2, -0.15) is 0 Å². The molecule has 110 valence electrons. The molecule has 2 rings (SSSR count). The number of esters is 1. The SMILES string of the molecule is CCOC(=O)C1CCCN(Cc2cc(NN)ccn2)C1. The van der Waals surface area contributed by atoms with Crippen molar-refractivity contribution in [2.24, 2.45) is 11.8 Å². The maximum Gasteiger partial charge on any atom is 0.310 e. The van der Waals surface area contributed by atoms with Gasteiger partial charge in [-0.25, -0.2) is 0 Å². The summed E-state index contributed by atoms with van der Waals surface area (Å²) in [5, 5.41) is 0. The monoisotopic (exact) mass is 278 g/mol. The van der Waals surface area contributed by atoms with Gasteiger partial charge in [0.1, 0.15) is 0 Å². The highest BCUT2D eigenvalue weighted by atomic mass is 16.5. The minimum absolute atomic E-state index is 0.0143. The molecule has 2 heterocycles. The molecule has 20 heavy (non-hydrogen) atoms. The van der Waals surface area contributed by atoms with Crippen LogP contribution in [0.25, 0.3) is 0 Å². The van der Waals surface area contributed by atoms with Gasteiger partial charge in [0, 0.05) is 19.3 Å². The molecule has 1 saturated heterocycles. The lowest BCUT2D eigenvalue weighted by Crippen LogP contribution is -2.39. The quantitative estimate of drug-likeness (QED) is 0.477. The molecule has 0 radical (unpaired) electrons. The number of hydrogen-bond donors (Lipinski definition) is 2. The first-order chi connectivity index (χ1) is 9.72. The first-order valence-corrected chi connectivity index (χ1v) is 7.03. The lowest BCUT2D eigenvalue weighted by Gasteiger charge is -2.31. The highest BCUT2D eigenvalue weighted by Gasteiger charge is 2.26. The van der Waals surface area contributed by atoms with Crippen LogP contribution < -0.4 is 11.3 Å². The predicted octanol–water partition coefficient (Wildman–Crippen LogP) is 1.14. The Morgan fingerprint density at radius 3 is 3.25 bits per heavy atom. The second-order valence-corrected chi connectivity index (χ2v) is 5.01. The number of aromatic nitrogens is 1. The molecule has 1 aliphatic heterocycles. The minimum atomic E-state index is -0.0810. The van der Waals surface area contributed by atoms with Crippen molar-refractivity contribution in [3.63, 3.8) is 0 Å². The minimum Gasteiger partial charge on any atom is -0.466 e. The molecule has 0 aromatic carbocycles. The van der Waals surface area contributed by atoms with Crippen molar-refractivity contribution in [2.45, 2.75) is 26.3 Å². The fraction of sp³-hybridized carbons (Fsp3) is 0.571. The van der Waals surface area contributed by atoms with Gasteiger partial charge < -0.3 is 10.2 Å². The largest absolute Gasteiger partial charge is 0.466 e. The van der Waals surface area contributed by atoms with Crippen LogP contribution in [0.5, 0.6) is 0 Å². The lowest BCUT2D eigenvalue weighted by atomic mass is 9.98. The number of nitrogens with one attached hydrogen (secondary N) is 1. The highest BCUT2D eigenvalue weighted by molar-refractivity contribution is 5.72. The zero-order valence-corrected chi connectivity index (χ0v) is 11.8. The number of nitrogen functional groups attached to an aromatic ring is 1. The second kappa shape index (κ2) is 7.21. The van der Waals surface area contributed by atoms with Gasteiger partial charge in [0.2, 0.25) is 0 Å². The van der Waals surface area contributed by atoms with Crippen LogP contribution in [0.15, 0.2) is 18.3 Å². The van der Waals surface area contributed by atoms with Crippen LogP contribution in [0.4, 0.5) is 5.69 Å². The Labute approximate surface area is 119 Å². The Morgan fingerprint density at radius 2 is 2.50 bits per heavy atom. The fourth-order valence-corrected chi connectivity index (χ4v) is 2.54. The summed E-state index contributed by atoms with van der Waals surface area (Å²) in [4.78, 5) is 18.4. The van der Waals surface area contributed by atoms with E-state index in [2.05, 4.69) is 15.3 Å². The Balaban J connectivity index is 1.93. The van der Waals surface area contributed by atoms with Crippen LogP contribution in [0.1, 0.15) is 25.5 Å². The number of carbonyl (C=O) groups is 1. The zero-order chi connectivity index (χ0) is 14.4. The summed E-state index contributed by atoms with van der Waals surface area (Å²) in [5.74, 6) is 5.30. The fourth-order valence-electron chi connectivity index (χ4n) is 2.54. The van der Waals surface area contributed by atoms with E-state index in [1.807, 2.05) is 19.1 Å². The number of anilines is 1. The zero-order valence-electron chi connectivity index (χ0n) is 11.8. The third-order valence-electron chi connectivity index (χ3n) is 3.49. The van der Waals surface area contributed by atoms with Crippen molar-refractivity contribution in [2.75, 3.05) is 25.1 Å². The van der Waals surface area contributed by atoms with E-state index in [1.165, 1.54) is 0 Å². The van der Waals surface area contributed by atoms with E-state index < -0.39 is 0 Å². The van der Waals surface area contributed by atoms with E-state index in [9.17, 15) is 4.79 Å². The first-order valence-electron chi connectivity index (χ1n) is 7.03. The van der Waals surface area contributed by atoms with Crippen LogP contribution in [-0.2, 0) is 16.1 Å². The summed E-state index contributed by atoms with van der Waals surface area (Å²) < 4.78 is 5.11. The number of pyridine rings is 1. The summed E-state index contributed by atoms with van der Waals surface area (Å²) in [6, 6.07) is 3.75. The summed E-state index contributed by atoms with van der Waals surface area (Å²) >= 11 is 0. The summed E-state index contributed by atoms with van der Waals surface area (Å²) in [6.07, 6.45) is 3.66. The van der Waals surface area contributed by atoms with Crippen LogP contribution >= 0.6 is 0 Å². The van der Waals surface area contributed by atoms with Gasteiger partial charge in [-0.05, 0) is 38.4 Å². The Kier molecular flexibility index (Phi) is 5.31. The maximum absolute atomic E-state index is 11.8. The normalized spacial score (nSPS) is 19.6. The molecule has 1 aliphatic rings. The first kappa shape index (κ1) is 14.7. The summed E-state index contributed by atoms with van der Waals surface area (Å²) in [7, 11) is 0. The lowest BCUT2D eigenvalue weighted by molar-refractivity contribution is -0.150. The molecule has 0 amide bonds. The van der Waals surface area contributed by atoms with Crippen LogP contribution in [-0.4, -0.2) is 35.5 Å². The predicted molar refractivity (Wildman–Crippen MR) is 76.7 cm³/mol. The number of hydrazine groups is 1. The van der Waals surface area contributed by atoms with Gasteiger partial charge in [0.05, 0.1) is 23.9 Å². The van der Waals surface area contributed by atoms with Gasteiger partial charge in [0.25, 0.3) is 0 Å². The number of carbonyl (C=O) groups excluding carboxylic acids is 1. The Bertz CT molecular complexity index is 453. The van der Waals surface area contributed by atoms with E-state index in [4.69, 9.17) is 10.6 Å². The number of nitrogens with two attached hydrogens (primary N) is 1. The van der Waals surface area contributed by atoms with Crippen LogP contribution in [0, 0.1) is 5.92 Å². The summed E-state index contributed by atoms with van der Waals surface area (Å²) in [6.45, 7) is 4.74. The molecule has 1 unspecified atom stereocenters. The number of ether oxygens (including phenoxy) is 1. The van der Waals surface area contributed by atoms with Crippen molar-refractivity contribution in [3.05, 3.63) is 24.0 Å². The standard InChI is InChI=1S/C14H22N4O2/c1-2-20-14(19)11-4-3-7-18(9-11)10-13-8-12(17-15)5-6-16-13/h5-6,8,11H,2-4,7,9-10,15H2,1H3,(H,16,17). The third kappa shape index (κ3) is 3.91. The molecule has 1 fully saturated rings. The number of nitrogens with zero attached hydrogens (tertiary/aromatic N) is 2. The van der Waals surface area contributed by atoms with Gasteiger partial charge in [0.15, 0.2) is 0 Å². The van der Waals surface area contributed by atoms with Gasteiger partial charge in [-0.15, -0.1) is 0 Å². The van der Waals surface area contributed by atoms with Crippen molar-refractivity contribution in [3.8, 4) is 0 Å². The van der Waals surface area contributed by atoms with E-state index in [-0.39, 0.29) is 11.9 Å². The molecule has 1 aromatic heterocycles. The molecule has 6 heteroatoms. The molecule has 0 spiro atoms. The molecule has 3 N–H and O–H groups in total.